The van der Waals surface area contributed by atoms with Crippen LogP contribution in [0.1, 0.15) is 0 Å². The Bertz CT molecular complexity index is 1300. The van der Waals surface area contributed by atoms with Gasteiger partial charge in [-0.15, -0.1) is 3.82 Å². The highest BCUT2D eigenvalue weighted by atomic mass is 35.5. The Morgan fingerprint density at radius 3 is 2.43 bits per heavy atom. The molecule has 0 bridgehead atoms. The van der Waals surface area contributed by atoms with E-state index in [2.05, 4.69) is 20.6 Å². The molecule has 3 rings (SSSR count). The van der Waals surface area contributed by atoms with Crippen molar-refractivity contribution in [2.45, 2.75) is 4.90 Å². The first-order valence-electron chi connectivity index (χ1n) is 10.1. The number of nitrogens with zero attached hydrogens (tertiary/aromatic N) is 4. The van der Waals surface area contributed by atoms with E-state index < -0.39 is 32.5 Å². The Kier molecular flexibility index (Phi) is 8.54. The molecule has 0 spiro atoms. The summed E-state index contributed by atoms with van der Waals surface area (Å²) in [5, 5.41) is 6.01. The summed E-state index contributed by atoms with van der Waals surface area (Å²) < 4.78 is 59.2. The second kappa shape index (κ2) is 11.2. The van der Waals surface area contributed by atoms with Crippen molar-refractivity contribution in [1.82, 2.24) is 15.3 Å². The van der Waals surface area contributed by atoms with E-state index in [0.29, 0.717) is 24.5 Å². The summed E-state index contributed by atoms with van der Waals surface area (Å²) in [6.07, 6.45) is 1.45. The van der Waals surface area contributed by atoms with Crippen LogP contribution < -0.4 is 24.1 Å². The number of sulfonamides is 1. The Labute approximate surface area is 211 Å². The van der Waals surface area contributed by atoms with Crippen LogP contribution in [0.4, 0.5) is 31.8 Å². The third kappa shape index (κ3) is 6.01. The fourth-order valence-corrected chi connectivity index (χ4v) is 4.66. The van der Waals surface area contributed by atoms with Gasteiger partial charge >= 0.3 is 0 Å². The highest BCUT2D eigenvalue weighted by Crippen LogP contribution is 2.37. The predicted molar refractivity (Wildman–Crippen MR) is 132 cm³/mol. The monoisotopic (exact) mass is 546 g/mol. The molecule has 0 fully saturated rings. The lowest BCUT2D eigenvalue weighted by molar-refractivity contribution is 0.415. The number of halogens is 4. The number of anilines is 4. The molecule has 0 aliphatic carbocycles. The van der Waals surface area contributed by atoms with Crippen LogP contribution in [-0.2, 0) is 10.0 Å². The van der Waals surface area contributed by atoms with Gasteiger partial charge in [-0.3, -0.25) is 0 Å². The predicted octanol–water partition coefficient (Wildman–Crippen LogP) is 4.17. The molecule has 35 heavy (non-hydrogen) atoms. The highest BCUT2D eigenvalue weighted by molar-refractivity contribution is 7.94. The van der Waals surface area contributed by atoms with E-state index in [1.807, 2.05) is 19.0 Å². The Balaban J connectivity index is 1.95. The van der Waals surface area contributed by atoms with Crippen molar-refractivity contribution >= 4 is 56.4 Å². The van der Waals surface area contributed by atoms with Crippen LogP contribution >= 0.6 is 23.4 Å². The minimum atomic E-state index is -4.66. The number of hydrogen-bond donors (Lipinski definition) is 2. The summed E-state index contributed by atoms with van der Waals surface area (Å²) >= 11 is 12.2. The average molecular weight is 547 g/mol. The van der Waals surface area contributed by atoms with Crippen LogP contribution in [0.5, 0.6) is 5.75 Å². The number of ether oxygens (including phenoxy) is 1. The zero-order valence-corrected chi connectivity index (χ0v) is 21.2. The molecule has 188 valence electrons. The molecule has 0 atom stereocenters. The van der Waals surface area contributed by atoms with Gasteiger partial charge in [-0.05, 0) is 25.2 Å². The van der Waals surface area contributed by atoms with Crippen molar-refractivity contribution < 1.29 is 21.9 Å². The molecular weight excluding hydrogens is 525 g/mol. The summed E-state index contributed by atoms with van der Waals surface area (Å²) in [7, 11) is 0.599. The van der Waals surface area contributed by atoms with E-state index in [0.717, 1.165) is 30.2 Å². The van der Waals surface area contributed by atoms with E-state index in [1.165, 1.54) is 0 Å². The van der Waals surface area contributed by atoms with E-state index in [4.69, 9.17) is 28.1 Å². The number of nitrogens with one attached hydrogen (secondary N) is 2. The third-order valence-corrected chi connectivity index (χ3v) is 7.32. The van der Waals surface area contributed by atoms with Crippen LogP contribution in [0.15, 0.2) is 47.6 Å². The maximum absolute atomic E-state index is 15.0. The molecule has 2 N–H and O–H groups in total. The lowest BCUT2D eigenvalue weighted by atomic mass is 10.2. The van der Waals surface area contributed by atoms with Gasteiger partial charge in [0.1, 0.15) is 16.5 Å². The molecule has 14 heteroatoms. The molecule has 0 saturated heterocycles. The lowest BCUT2D eigenvalue weighted by Gasteiger charge is -2.24. The van der Waals surface area contributed by atoms with Gasteiger partial charge in [-0.2, -0.15) is 8.42 Å². The Morgan fingerprint density at radius 1 is 1.11 bits per heavy atom. The third-order valence-electron chi connectivity index (χ3n) is 4.86. The number of methoxy groups -OCH3 is 1. The lowest BCUT2D eigenvalue weighted by Crippen LogP contribution is -2.27. The largest absolute Gasteiger partial charge is 0.497 e. The van der Waals surface area contributed by atoms with Gasteiger partial charge in [0.2, 0.25) is 0 Å². The van der Waals surface area contributed by atoms with Gasteiger partial charge in [-0.25, -0.2) is 18.7 Å². The fraction of sp³-hybridized carbons (Fsp3) is 0.238. The first kappa shape index (κ1) is 26.7. The van der Waals surface area contributed by atoms with Gasteiger partial charge in [0.15, 0.2) is 5.82 Å². The normalized spacial score (nSPS) is 11.3. The standard InChI is InChI=1S/C21H22Cl2F2N6O3S/c1-26-6-7-30(2)19-8-14(34-3)4-5-17(19)29-18-10-16(25)20(9-15(18)22)35(32,33)31(23)21-27-11-13(24)12-28-21/h4-5,8-12,26,29H,6-7H2,1-3H3. The zero-order valence-electron chi connectivity index (χ0n) is 18.9. The van der Waals surface area contributed by atoms with Crippen LogP contribution in [0.25, 0.3) is 0 Å². The molecule has 3 aromatic rings. The van der Waals surface area contributed by atoms with Crippen molar-refractivity contribution in [2.75, 3.05) is 48.3 Å². The second-order valence-corrected chi connectivity index (χ2v) is 9.92. The van der Waals surface area contributed by atoms with Gasteiger partial charge in [0.25, 0.3) is 16.0 Å². The Morgan fingerprint density at radius 2 is 1.80 bits per heavy atom. The average Bonchev–Trinajstić information content (AvgIpc) is 2.84. The number of rotatable bonds is 10. The minimum Gasteiger partial charge on any atom is -0.497 e. The molecule has 0 amide bonds. The molecule has 0 unspecified atom stereocenters. The molecule has 0 saturated carbocycles. The number of aromatic nitrogens is 2. The van der Waals surface area contributed by atoms with Crippen LogP contribution in [0.3, 0.4) is 0 Å². The van der Waals surface area contributed by atoms with Crippen molar-refractivity contribution in [3.63, 3.8) is 0 Å². The molecule has 1 aromatic heterocycles. The van der Waals surface area contributed by atoms with E-state index in [1.54, 1.807) is 25.3 Å². The fourth-order valence-electron chi connectivity index (χ4n) is 3.02. The van der Waals surface area contributed by atoms with E-state index in [9.17, 15) is 12.8 Å². The topological polar surface area (TPSA) is 99.7 Å². The highest BCUT2D eigenvalue weighted by Gasteiger charge is 2.30. The first-order valence-corrected chi connectivity index (χ1v) is 12.2. The maximum Gasteiger partial charge on any atom is 0.283 e. The first-order chi connectivity index (χ1) is 16.6. The molecule has 2 aromatic carbocycles. The molecule has 0 radical (unpaired) electrons. The Hall–Kier alpha value is -2.93. The number of benzene rings is 2. The van der Waals surface area contributed by atoms with E-state index in [-0.39, 0.29) is 14.5 Å². The quantitative estimate of drug-likeness (QED) is 0.365. The molecule has 0 aliphatic rings. The number of hydrogen-bond acceptors (Lipinski definition) is 8. The smallest absolute Gasteiger partial charge is 0.283 e. The van der Waals surface area contributed by atoms with Crippen LogP contribution in [-0.4, -0.2) is 52.7 Å². The van der Waals surface area contributed by atoms with Crippen LogP contribution in [0.2, 0.25) is 5.02 Å². The summed E-state index contributed by atoms with van der Waals surface area (Å²) in [6.45, 7) is 1.37. The zero-order chi connectivity index (χ0) is 25.8. The van der Waals surface area contributed by atoms with Gasteiger partial charge < -0.3 is 20.3 Å². The van der Waals surface area contributed by atoms with Gasteiger partial charge in [0.05, 0.1) is 41.6 Å². The van der Waals surface area contributed by atoms with E-state index >= 15 is 4.39 Å². The number of likely N-dealkylation sites (N-methyl/N-ethyl adjacent to an activating group) is 2. The van der Waals surface area contributed by atoms with Crippen molar-refractivity contribution in [1.29, 1.82) is 0 Å². The molecule has 9 nitrogen and oxygen atoms in total. The van der Waals surface area contributed by atoms with Gasteiger partial charge in [-0.1, -0.05) is 11.6 Å². The summed E-state index contributed by atoms with van der Waals surface area (Å²) in [4.78, 5) is 8.15. The SMILES string of the molecule is CNCCN(C)c1cc(OC)ccc1Nc1cc(F)c(S(=O)(=O)N(Cl)c2ncc(F)cn2)cc1Cl. The molecule has 0 aliphatic heterocycles. The minimum absolute atomic E-state index is 0.0882. The molecule has 1 heterocycles. The van der Waals surface area contributed by atoms with Crippen molar-refractivity contribution in [2.24, 2.45) is 0 Å². The van der Waals surface area contributed by atoms with Gasteiger partial charge in [0, 0.05) is 44.0 Å². The molecular formula is C21H22Cl2F2N6O3S. The maximum atomic E-state index is 15.0. The van der Waals surface area contributed by atoms with Crippen molar-refractivity contribution in [3.8, 4) is 5.75 Å². The summed E-state index contributed by atoms with van der Waals surface area (Å²) in [5.74, 6) is -1.86. The van der Waals surface area contributed by atoms with Crippen LogP contribution in [0, 0.1) is 11.6 Å². The van der Waals surface area contributed by atoms with Crippen molar-refractivity contribution in [3.05, 3.63) is 59.4 Å². The second-order valence-electron chi connectivity index (χ2n) is 7.22. The summed E-state index contributed by atoms with van der Waals surface area (Å²) in [6, 6.07) is 7.10. The summed E-state index contributed by atoms with van der Waals surface area (Å²) in [5.41, 5.74) is 1.45.